The molecule has 1 saturated heterocycles. The average molecular weight is 634 g/mol. The molecule has 0 unspecified atom stereocenters. The van der Waals surface area contributed by atoms with Crippen LogP contribution in [-0.2, 0) is 10.3 Å². The predicted octanol–water partition coefficient (Wildman–Crippen LogP) is 8.82. The minimum Gasteiger partial charge on any atom is -0.488 e. The van der Waals surface area contributed by atoms with Crippen LogP contribution in [0, 0.1) is 0 Å². The molecule has 5 aromatic carbocycles. The first-order valence-electron chi connectivity index (χ1n) is 17.1. The van der Waals surface area contributed by atoms with Crippen molar-refractivity contribution in [1.29, 1.82) is 0 Å². The number of likely N-dealkylation sites (N-methyl/N-ethyl adjacent to an activating group) is 1. The van der Waals surface area contributed by atoms with Gasteiger partial charge in [0.25, 0.3) is 0 Å². The van der Waals surface area contributed by atoms with Crippen LogP contribution in [-0.4, -0.2) is 55.3 Å². The van der Waals surface area contributed by atoms with E-state index in [1.165, 1.54) is 10.8 Å². The second kappa shape index (κ2) is 14.4. The molecule has 5 heteroatoms. The summed E-state index contributed by atoms with van der Waals surface area (Å²) in [6, 6.07) is 50.5. The lowest BCUT2D eigenvalue weighted by Gasteiger charge is -2.36. The van der Waals surface area contributed by atoms with Crippen molar-refractivity contribution in [2.75, 3.05) is 44.2 Å². The van der Waals surface area contributed by atoms with Gasteiger partial charge in [-0.2, -0.15) is 0 Å². The Balaban J connectivity index is 1.11. The van der Waals surface area contributed by atoms with E-state index in [2.05, 4.69) is 139 Å². The maximum atomic E-state index is 7.00. The molecular weight excluding hydrogens is 590 g/mol. The third-order valence-corrected chi connectivity index (χ3v) is 9.40. The lowest BCUT2D eigenvalue weighted by Crippen LogP contribution is -2.46. The normalized spacial score (nSPS) is 14.6. The molecule has 0 spiro atoms. The molecule has 242 valence electrons. The monoisotopic (exact) mass is 633 g/mol. The Morgan fingerprint density at radius 1 is 0.667 bits per heavy atom. The SMILES string of the molecule is CCN1CCN(c2nc(-c3ccc(O[C@@H](C)COC(c4ccccc4)(c4ccccc4)c4ccccc4)cc3)cc3ccccc23)CC1. The van der Waals surface area contributed by atoms with E-state index < -0.39 is 5.60 Å². The summed E-state index contributed by atoms with van der Waals surface area (Å²) in [5.74, 6) is 1.87. The third kappa shape index (κ3) is 6.57. The molecule has 1 atom stereocenters. The minimum atomic E-state index is -0.784. The van der Waals surface area contributed by atoms with E-state index in [0.29, 0.717) is 6.61 Å². The fourth-order valence-corrected chi connectivity index (χ4v) is 6.83. The zero-order valence-corrected chi connectivity index (χ0v) is 27.8. The van der Waals surface area contributed by atoms with Crippen LogP contribution in [0.15, 0.2) is 146 Å². The zero-order chi connectivity index (χ0) is 32.8. The number of pyridine rings is 1. The molecule has 1 fully saturated rings. The third-order valence-electron chi connectivity index (χ3n) is 9.40. The molecule has 0 saturated carbocycles. The van der Waals surface area contributed by atoms with Gasteiger partial charge in [-0.25, -0.2) is 4.98 Å². The number of ether oxygens (including phenoxy) is 2. The van der Waals surface area contributed by atoms with Crippen LogP contribution in [0.3, 0.4) is 0 Å². The van der Waals surface area contributed by atoms with Crippen LogP contribution in [0.2, 0.25) is 0 Å². The quantitative estimate of drug-likeness (QED) is 0.133. The summed E-state index contributed by atoms with van der Waals surface area (Å²) in [7, 11) is 0. The number of nitrogens with zero attached hydrogens (tertiary/aromatic N) is 3. The van der Waals surface area contributed by atoms with Crippen molar-refractivity contribution in [3.63, 3.8) is 0 Å². The molecule has 7 rings (SSSR count). The maximum absolute atomic E-state index is 7.00. The van der Waals surface area contributed by atoms with Crippen LogP contribution < -0.4 is 9.64 Å². The molecule has 5 nitrogen and oxygen atoms in total. The van der Waals surface area contributed by atoms with Gasteiger partial charge in [-0.15, -0.1) is 0 Å². The first-order chi connectivity index (χ1) is 23.6. The van der Waals surface area contributed by atoms with Crippen LogP contribution >= 0.6 is 0 Å². The second-order valence-electron chi connectivity index (χ2n) is 12.5. The fourth-order valence-electron chi connectivity index (χ4n) is 6.83. The van der Waals surface area contributed by atoms with Gasteiger partial charge in [-0.3, -0.25) is 0 Å². The number of aromatic nitrogens is 1. The summed E-state index contributed by atoms with van der Waals surface area (Å²) < 4.78 is 13.5. The first-order valence-corrected chi connectivity index (χ1v) is 17.1. The molecule has 0 radical (unpaired) electrons. The predicted molar refractivity (Wildman–Crippen MR) is 197 cm³/mol. The minimum absolute atomic E-state index is 0.196. The lowest BCUT2D eigenvalue weighted by atomic mass is 9.80. The van der Waals surface area contributed by atoms with Crippen LogP contribution in [0.5, 0.6) is 5.75 Å². The van der Waals surface area contributed by atoms with E-state index in [1.807, 2.05) is 30.3 Å². The molecule has 1 aliphatic heterocycles. The molecule has 0 N–H and O–H groups in total. The number of hydrogen-bond acceptors (Lipinski definition) is 5. The topological polar surface area (TPSA) is 37.8 Å². The van der Waals surface area contributed by atoms with E-state index in [9.17, 15) is 0 Å². The maximum Gasteiger partial charge on any atom is 0.143 e. The molecule has 0 bridgehead atoms. The van der Waals surface area contributed by atoms with E-state index in [0.717, 1.165) is 72.2 Å². The van der Waals surface area contributed by atoms with Crippen molar-refractivity contribution in [3.8, 4) is 17.0 Å². The van der Waals surface area contributed by atoms with Crippen LogP contribution in [0.1, 0.15) is 30.5 Å². The zero-order valence-electron chi connectivity index (χ0n) is 27.8. The molecule has 1 aromatic heterocycles. The van der Waals surface area contributed by atoms with Crippen molar-refractivity contribution in [2.24, 2.45) is 0 Å². The van der Waals surface area contributed by atoms with Gasteiger partial charge < -0.3 is 19.3 Å². The highest BCUT2D eigenvalue weighted by atomic mass is 16.5. The first kappa shape index (κ1) is 31.6. The molecule has 6 aromatic rings. The lowest BCUT2D eigenvalue weighted by molar-refractivity contribution is -0.0256. The van der Waals surface area contributed by atoms with Gasteiger partial charge in [0.1, 0.15) is 23.3 Å². The van der Waals surface area contributed by atoms with Crippen molar-refractivity contribution in [3.05, 3.63) is 162 Å². The Hall–Kier alpha value is -4.97. The average Bonchev–Trinajstić information content (AvgIpc) is 3.16. The summed E-state index contributed by atoms with van der Waals surface area (Å²) >= 11 is 0. The molecule has 2 heterocycles. The standard InChI is InChI=1S/C43H43N3O2/c1-3-45-27-29-46(30-28-45)42-40-22-14-13-15-35(40)31-41(44-42)34-23-25-39(26-24-34)48-33(2)32-47-43(36-16-7-4-8-17-36,37-18-9-5-10-19-37)38-20-11-6-12-21-38/h4-26,31,33H,3,27-30,32H2,1-2H3/t33-/m0/s1. The molecule has 0 aliphatic carbocycles. The number of piperazine rings is 1. The van der Waals surface area contributed by atoms with Crippen molar-refractivity contribution < 1.29 is 9.47 Å². The summed E-state index contributed by atoms with van der Waals surface area (Å²) in [6.45, 7) is 9.88. The van der Waals surface area contributed by atoms with Crippen LogP contribution in [0.4, 0.5) is 5.82 Å². The van der Waals surface area contributed by atoms with Crippen molar-refractivity contribution in [2.45, 2.75) is 25.6 Å². The largest absolute Gasteiger partial charge is 0.488 e. The second-order valence-corrected chi connectivity index (χ2v) is 12.5. The summed E-state index contributed by atoms with van der Waals surface area (Å²) in [4.78, 5) is 10.2. The van der Waals surface area contributed by atoms with E-state index in [1.54, 1.807) is 0 Å². The van der Waals surface area contributed by atoms with Crippen LogP contribution in [0.25, 0.3) is 22.0 Å². The van der Waals surface area contributed by atoms with E-state index in [4.69, 9.17) is 14.5 Å². The highest BCUT2D eigenvalue weighted by Crippen LogP contribution is 2.40. The van der Waals surface area contributed by atoms with Crippen molar-refractivity contribution >= 4 is 16.6 Å². The van der Waals surface area contributed by atoms with Gasteiger partial charge in [0, 0.05) is 37.1 Å². The van der Waals surface area contributed by atoms with Gasteiger partial charge in [-0.05, 0) is 65.9 Å². The number of anilines is 1. The van der Waals surface area contributed by atoms with Gasteiger partial charge in [0.05, 0.1) is 12.3 Å². The number of rotatable bonds is 11. The Labute approximate surface area is 284 Å². The summed E-state index contributed by atoms with van der Waals surface area (Å²) in [6.07, 6.45) is -0.196. The fraction of sp³-hybridized carbons (Fsp3) is 0.233. The Kier molecular flexibility index (Phi) is 9.50. The molecule has 0 amide bonds. The summed E-state index contributed by atoms with van der Waals surface area (Å²) in [5, 5.41) is 2.41. The molecular formula is C43H43N3O2. The molecule has 1 aliphatic rings. The number of fused-ring (bicyclic) bond motifs is 1. The Morgan fingerprint density at radius 3 is 1.77 bits per heavy atom. The number of benzene rings is 5. The van der Waals surface area contributed by atoms with Gasteiger partial charge >= 0.3 is 0 Å². The van der Waals surface area contributed by atoms with Gasteiger partial charge in [0.2, 0.25) is 0 Å². The number of hydrogen-bond donors (Lipinski definition) is 0. The van der Waals surface area contributed by atoms with E-state index >= 15 is 0 Å². The van der Waals surface area contributed by atoms with Crippen molar-refractivity contribution in [1.82, 2.24) is 9.88 Å². The van der Waals surface area contributed by atoms with Gasteiger partial charge in [-0.1, -0.05) is 122 Å². The smallest absolute Gasteiger partial charge is 0.143 e. The Morgan fingerprint density at radius 2 is 1.21 bits per heavy atom. The highest BCUT2D eigenvalue weighted by Gasteiger charge is 2.38. The van der Waals surface area contributed by atoms with E-state index in [-0.39, 0.29) is 6.10 Å². The van der Waals surface area contributed by atoms with Gasteiger partial charge in [0.15, 0.2) is 0 Å². The highest BCUT2D eigenvalue weighted by molar-refractivity contribution is 5.95. The summed E-state index contributed by atoms with van der Waals surface area (Å²) in [5.41, 5.74) is 4.49. The molecule has 48 heavy (non-hydrogen) atoms. The Bertz CT molecular complexity index is 1810.